The Morgan fingerprint density at radius 1 is 1.23 bits per heavy atom. The predicted octanol–water partition coefficient (Wildman–Crippen LogP) is 3.83. The molecule has 0 spiro atoms. The first-order chi connectivity index (χ1) is 14.1. The van der Waals surface area contributed by atoms with Crippen molar-refractivity contribution in [1.82, 2.24) is 10.0 Å². The normalized spacial score (nSPS) is 11.1. The molecule has 0 bridgehead atoms. The van der Waals surface area contributed by atoms with E-state index in [0.29, 0.717) is 17.0 Å². The molecule has 30 heavy (non-hydrogen) atoms. The van der Waals surface area contributed by atoms with Crippen LogP contribution < -0.4 is 20.1 Å². The van der Waals surface area contributed by atoms with Gasteiger partial charge in [-0.3, -0.25) is 10.1 Å². The number of thiocarbonyl (C=S) groups is 1. The predicted molar refractivity (Wildman–Crippen MR) is 125 cm³/mol. The highest BCUT2D eigenvalue weighted by Crippen LogP contribution is 2.24. The maximum atomic E-state index is 12.7. The minimum atomic E-state index is -3.61. The Morgan fingerprint density at radius 2 is 1.90 bits per heavy atom. The van der Waals surface area contributed by atoms with Crippen molar-refractivity contribution in [3.63, 3.8) is 0 Å². The lowest BCUT2D eigenvalue weighted by molar-refractivity contribution is 0.0972. The van der Waals surface area contributed by atoms with Crippen molar-refractivity contribution in [3.8, 4) is 5.75 Å². The van der Waals surface area contributed by atoms with Crippen LogP contribution in [0, 0.1) is 0 Å². The van der Waals surface area contributed by atoms with E-state index in [-0.39, 0.29) is 22.7 Å². The molecule has 0 saturated carbocycles. The van der Waals surface area contributed by atoms with E-state index in [0.717, 1.165) is 4.47 Å². The average Bonchev–Trinajstić information content (AvgIpc) is 2.67. The smallest absolute Gasteiger partial charge is 0.261 e. The summed E-state index contributed by atoms with van der Waals surface area (Å²) >= 11 is 8.55. The van der Waals surface area contributed by atoms with Gasteiger partial charge in [0, 0.05) is 16.7 Å². The molecule has 0 unspecified atom stereocenters. The Kier molecular flexibility index (Phi) is 8.54. The van der Waals surface area contributed by atoms with Crippen molar-refractivity contribution in [1.29, 1.82) is 0 Å². The van der Waals surface area contributed by atoms with Crippen LogP contribution >= 0.6 is 28.1 Å². The number of rotatable bonds is 8. The lowest BCUT2D eigenvalue weighted by Gasteiger charge is -2.15. The number of carbonyl (C=O) groups excluding carboxylic acids is 1. The molecule has 10 heteroatoms. The Bertz CT molecular complexity index is 1040. The van der Waals surface area contributed by atoms with Crippen LogP contribution in [0.5, 0.6) is 5.75 Å². The van der Waals surface area contributed by atoms with Crippen LogP contribution in [-0.2, 0) is 10.0 Å². The van der Waals surface area contributed by atoms with E-state index < -0.39 is 15.9 Å². The highest BCUT2D eigenvalue weighted by atomic mass is 79.9. The molecule has 0 aliphatic heterocycles. The van der Waals surface area contributed by atoms with Crippen molar-refractivity contribution in [3.05, 3.63) is 65.2 Å². The fraction of sp³-hybridized carbons (Fsp3) is 0.200. The zero-order chi connectivity index (χ0) is 22.3. The van der Waals surface area contributed by atoms with E-state index in [4.69, 9.17) is 17.0 Å². The fourth-order valence-corrected chi connectivity index (χ4v) is 3.91. The standard InChI is InChI=1S/C20H22BrN3O4S2/c1-4-11-22-30(26,27)16-8-6-15(7-9-16)23-20(29)24-19(25)17-12-14(21)5-10-18(17)28-13(2)3/h4-10,12-13,22H,1,11H2,2-3H3,(H2,23,24,25,29). The molecule has 2 aromatic rings. The van der Waals surface area contributed by atoms with Crippen LogP contribution in [0.15, 0.2) is 64.5 Å². The van der Waals surface area contributed by atoms with Crippen molar-refractivity contribution >= 4 is 54.9 Å². The number of amides is 1. The summed E-state index contributed by atoms with van der Waals surface area (Å²) in [5.74, 6) is 0.00681. The summed E-state index contributed by atoms with van der Waals surface area (Å²) in [7, 11) is -3.61. The molecular formula is C20H22BrN3O4S2. The topological polar surface area (TPSA) is 96.5 Å². The van der Waals surface area contributed by atoms with E-state index in [2.05, 4.69) is 37.9 Å². The van der Waals surface area contributed by atoms with Gasteiger partial charge in [0.05, 0.1) is 16.6 Å². The van der Waals surface area contributed by atoms with Gasteiger partial charge in [0.15, 0.2) is 5.11 Å². The summed E-state index contributed by atoms with van der Waals surface area (Å²) in [5.41, 5.74) is 0.854. The first-order valence-corrected chi connectivity index (χ1v) is 11.6. The Hall–Kier alpha value is -2.27. The molecular weight excluding hydrogens is 490 g/mol. The lowest BCUT2D eigenvalue weighted by atomic mass is 10.2. The number of halogens is 1. The maximum Gasteiger partial charge on any atom is 0.261 e. The first-order valence-electron chi connectivity index (χ1n) is 8.91. The van der Waals surface area contributed by atoms with Crippen molar-refractivity contribution < 1.29 is 17.9 Å². The van der Waals surface area contributed by atoms with Crippen molar-refractivity contribution in [2.45, 2.75) is 24.8 Å². The summed E-state index contributed by atoms with van der Waals surface area (Å²) in [6.45, 7) is 7.35. The highest BCUT2D eigenvalue weighted by molar-refractivity contribution is 9.10. The van der Waals surface area contributed by atoms with Crippen LogP contribution in [0.25, 0.3) is 0 Å². The number of hydrogen-bond acceptors (Lipinski definition) is 5. The number of anilines is 1. The number of nitrogens with one attached hydrogen (secondary N) is 3. The van der Waals surface area contributed by atoms with Gasteiger partial charge in [-0.25, -0.2) is 13.1 Å². The fourth-order valence-electron chi connectivity index (χ4n) is 2.34. The SMILES string of the molecule is C=CCNS(=O)(=O)c1ccc(NC(=S)NC(=O)c2cc(Br)ccc2OC(C)C)cc1. The van der Waals surface area contributed by atoms with Crippen LogP contribution in [0.4, 0.5) is 5.69 Å². The number of ether oxygens (including phenoxy) is 1. The third-order valence-corrected chi connectivity index (χ3v) is 5.75. The zero-order valence-electron chi connectivity index (χ0n) is 16.4. The molecule has 0 aliphatic carbocycles. The van der Waals surface area contributed by atoms with Gasteiger partial charge in [-0.1, -0.05) is 22.0 Å². The molecule has 7 nitrogen and oxygen atoms in total. The van der Waals surface area contributed by atoms with Gasteiger partial charge in [0.2, 0.25) is 10.0 Å². The van der Waals surface area contributed by atoms with E-state index in [1.54, 1.807) is 30.3 Å². The summed E-state index contributed by atoms with van der Waals surface area (Å²) in [4.78, 5) is 12.8. The number of sulfonamides is 1. The molecule has 0 aliphatic rings. The maximum absolute atomic E-state index is 12.7. The minimum absolute atomic E-state index is 0.0656. The molecule has 0 aromatic heterocycles. The van der Waals surface area contributed by atoms with E-state index in [1.165, 1.54) is 18.2 Å². The summed E-state index contributed by atoms with van der Waals surface area (Å²) in [6, 6.07) is 11.1. The second-order valence-corrected chi connectivity index (χ2v) is 9.47. The van der Waals surface area contributed by atoms with Crippen LogP contribution in [0.2, 0.25) is 0 Å². The van der Waals surface area contributed by atoms with Gasteiger partial charge in [0.1, 0.15) is 5.75 Å². The highest BCUT2D eigenvalue weighted by Gasteiger charge is 2.16. The monoisotopic (exact) mass is 511 g/mol. The molecule has 0 heterocycles. The Balaban J connectivity index is 2.07. The first kappa shape index (κ1) is 24.0. The van der Waals surface area contributed by atoms with E-state index in [9.17, 15) is 13.2 Å². The summed E-state index contributed by atoms with van der Waals surface area (Å²) in [6.07, 6.45) is 1.36. The largest absolute Gasteiger partial charge is 0.490 e. The molecule has 0 atom stereocenters. The lowest BCUT2D eigenvalue weighted by Crippen LogP contribution is -2.34. The molecule has 2 rings (SSSR count). The second kappa shape index (κ2) is 10.7. The quantitative estimate of drug-likeness (QED) is 0.368. The van der Waals surface area contributed by atoms with Crippen LogP contribution in [0.1, 0.15) is 24.2 Å². The average molecular weight is 512 g/mol. The van der Waals surface area contributed by atoms with Gasteiger partial charge in [-0.15, -0.1) is 6.58 Å². The third-order valence-electron chi connectivity index (χ3n) is 3.62. The van der Waals surface area contributed by atoms with E-state index in [1.807, 2.05) is 13.8 Å². The van der Waals surface area contributed by atoms with E-state index >= 15 is 0 Å². The molecule has 0 radical (unpaired) electrons. The van der Waals surface area contributed by atoms with Gasteiger partial charge in [-0.2, -0.15) is 0 Å². The number of hydrogen-bond donors (Lipinski definition) is 3. The molecule has 1 amide bonds. The molecule has 160 valence electrons. The molecule has 3 N–H and O–H groups in total. The Morgan fingerprint density at radius 3 is 2.50 bits per heavy atom. The van der Waals surface area contributed by atoms with Gasteiger partial charge in [-0.05, 0) is 68.5 Å². The summed E-state index contributed by atoms with van der Waals surface area (Å²) < 4.78 is 33.0. The van der Waals surface area contributed by atoms with Gasteiger partial charge in [0.25, 0.3) is 5.91 Å². The minimum Gasteiger partial charge on any atom is -0.490 e. The van der Waals surface area contributed by atoms with Crippen molar-refractivity contribution in [2.24, 2.45) is 0 Å². The van der Waals surface area contributed by atoms with Gasteiger partial charge >= 0.3 is 0 Å². The molecule has 2 aromatic carbocycles. The molecule has 0 fully saturated rings. The zero-order valence-corrected chi connectivity index (χ0v) is 19.7. The third kappa shape index (κ3) is 6.91. The summed E-state index contributed by atoms with van der Waals surface area (Å²) in [5, 5.41) is 5.52. The van der Waals surface area contributed by atoms with Crippen LogP contribution in [-0.4, -0.2) is 32.1 Å². The number of benzene rings is 2. The second-order valence-electron chi connectivity index (χ2n) is 6.38. The van der Waals surface area contributed by atoms with Crippen molar-refractivity contribution in [2.75, 3.05) is 11.9 Å². The Labute approximate surface area is 190 Å². The van der Waals surface area contributed by atoms with Crippen LogP contribution in [0.3, 0.4) is 0 Å². The number of carbonyl (C=O) groups is 1. The van der Waals surface area contributed by atoms with Gasteiger partial charge < -0.3 is 10.1 Å². The molecule has 0 saturated heterocycles.